The summed E-state index contributed by atoms with van der Waals surface area (Å²) in [4.78, 5) is 3.19. The summed E-state index contributed by atoms with van der Waals surface area (Å²) < 4.78 is 1.28. The largest absolute Gasteiger partial charge is 0.127 e. The zero-order chi connectivity index (χ0) is 16.2. The Morgan fingerprint density at radius 3 is 2.00 bits per heavy atom. The van der Waals surface area contributed by atoms with Crippen molar-refractivity contribution in [3.05, 3.63) is 93.0 Å². The molecular formula is C22H12S2. The quantitative estimate of drug-likeness (QED) is 0.357. The van der Waals surface area contributed by atoms with Gasteiger partial charge in [-0.2, -0.15) is 0 Å². The molecule has 2 heteroatoms. The molecule has 4 aromatic rings. The summed E-state index contributed by atoms with van der Waals surface area (Å²) >= 11 is 3.37. The third kappa shape index (κ3) is 3.42. The Hall–Kier alpha value is -2.78. The summed E-state index contributed by atoms with van der Waals surface area (Å²) in [6.45, 7) is 0. The molecule has 0 saturated carbocycles. The van der Waals surface area contributed by atoms with Crippen LogP contribution < -0.4 is 0 Å². The molecule has 4 rings (SSSR count). The van der Waals surface area contributed by atoms with Crippen molar-refractivity contribution in [1.29, 1.82) is 0 Å². The molecule has 0 saturated heterocycles. The maximum Gasteiger partial charge on any atom is 0.0785 e. The first-order valence-electron chi connectivity index (χ1n) is 7.54. The molecule has 112 valence electrons. The zero-order valence-corrected chi connectivity index (χ0v) is 14.4. The van der Waals surface area contributed by atoms with Crippen LogP contribution in [0.2, 0.25) is 0 Å². The van der Waals surface area contributed by atoms with Gasteiger partial charge in [0.05, 0.1) is 14.6 Å². The Labute approximate surface area is 149 Å². The number of benzene rings is 2. The van der Waals surface area contributed by atoms with Crippen molar-refractivity contribution in [1.82, 2.24) is 0 Å². The second-order valence-corrected chi connectivity index (χ2v) is 7.35. The highest BCUT2D eigenvalue weighted by atomic mass is 32.1. The molecule has 0 atom stereocenters. The van der Waals surface area contributed by atoms with Gasteiger partial charge < -0.3 is 0 Å². The van der Waals surface area contributed by atoms with E-state index in [1.165, 1.54) is 10.1 Å². The predicted octanol–water partition coefficient (Wildman–Crippen LogP) is 5.76. The minimum absolute atomic E-state index is 1.03. The lowest BCUT2D eigenvalue weighted by Crippen LogP contribution is -1.70. The third-order valence-corrected chi connectivity index (χ3v) is 5.39. The second kappa shape index (κ2) is 6.77. The molecule has 0 aliphatic rings. The Morgan fingerprint density at radius 2 is 1.21 bits per heavy atom. The van der Waals surface area contributed by atoms with Gasteiger partial charge in [-0.05, 0) is 53.6 Å². The van der Waals surface area contributed by atoms with Crippen molar-refractivity contribution in [3.63, 3.8) is 0 Å². The summed E-state index contributed by atoms with van der Waals surface area (Å²) in [7, 11) is 0. The zero-order valence-electron chi connectivity index (χ0n) is 12.7. The maximum atomic E-state index is 3.27. The minimum Gasteiger partial charge on any atom is -0.127 e. The van der Waals surface area contributed by atoms with Crippen molar-refractivity contribution in [2.45, 2.75) is 0 Å². The van der Waals surface area contributed by atoms with Gasteiger partial charge in [-0.1, -0.05) is 48.2 Å². The summed E-state index contributed by atoms with van der Waals surface area (Å²) in [5.41, 5.74) is 1.03. The van der Waals surface area contributed by atoms with Crippen molar-refractivity contribution in [3.8, 4) is 23.7 Å². The highest BCUT2D eigenvalue weighted by molar-refractivity contribution is 7.19. The van der Waals surface area contributed by atoms with Gasteiger partial charge in [-0.3, -0.25) is 0 Å². The molecule has 0 nitrogen and oxygen atoms in total. The predicted molar refractivity (Wildman–Crippen MR) is 105 cm³/mol. The normalized spacial score (nSPS) is 9.83. The molecule has 0 bridgehead atoms. The first-order valence-corrected chi connectivity index (χ1v) is 9.18. The van der Waals surface area contributed by atoms with Crippen LogP contribution in [0.15, 0.2) is 72.8 Å². The van der Waals surface area contributed by atoms with Crippen molar-refractivity contribution in [2.24, 2.45) is 0 Å². The third-order valence-electron chi connectivity index (χ3n) is 3.44. The van der Waals surface area contributed by atoms with Gasteiger partial charge in [-0.15, -0.1) is 22.7 Å². The SMILES string of the molecule is C(#Cc1ccc(C#Cc2cc3ccccc3s2)s1)c1ccccc1. The Balaban J connectivity index is 1.55. The molecule has 0 unspecified atom stereocenters. The van der Waals surface area contributed by atoms with Crippen molar-refractivity contribution >= 4 is 32.8 Å². The molecule has 0 aliphatic carbocycles. The maximum absolute atomic E-state index is 3.27. The van der Waals surface area contributed by atoms with Gasteiger partial charge in [0.2, 0.25) is 0 Å². The molecular weight excluding hydrogens is 328 g/mol. The van der Waals surface area contributed by atoms with Crippen LogP contribution in [0.3, 0.4) is 0 Å². The van der Waals surface area contributed by atoms with E-state index >= 15 is 0 Å². The van der Waals surface area contributed by atoms with E-state index in [0.29, 0.717) is 0 Å². The number of hydrogen-bond donors (Lipinski definition) is 0. The highest BCUT2D eigenvalue weighted by Gasteiger charge is 1.98. The van der Waals surface area contributed by atoms with Crippen LogP contribution in [-0.2, 0) is 0 Å². The van der Waals surface area contributed by atoms with Gasteiger partial charge in [0.25, 0.3) is 0 Å². The van der Waals surface area contributed by atoms with Gasteiger partial charge >= 0.3 is 0 Å². The average molecular weight is 340 g/mol. The fraction of sp³-hybridized carbons (Fsp3) is 0. The standard InChI is InChI=1S/C22H12S2/c1-2-6-17(7-3-1)10-11-19-12-13-20(23-19)14-15-21-16-18-8-4-5-9-22(18)24-21/h1-9,12-13,16H. The van der Waals surface area contributed by atoms with Gasteiger partial charge in [0, 0.05) is 10.3 Å². The monoisotopic (exact) mass is 340 g/mol. The van der Waals surface area contributed by atoms with Crippen LogP contribution >= 0.6 is 22.7 Å². The summed E-state index contributed by atoms with van der Waals surface area (Å²) in [5.74, 6) is 12.9. The lowest BCUT2D eigenvalue weighted by atomic mass is 10.2. The summed E-state index contributed by atoms with van der Waals surface area (Å²) in [6.07, 6.45) is 0. The number of rotatable bonds is 0. The molecule has 0 aliphatic heterocycles. The molecule has 2 aromatic carbocycles. The number of thiophene rings is 2. The van der Waals surface area contributed by atoms with Crippen LogP contribution in [0.25, 0.3) is 10.1 Å². The molecule has 2 heterocycles. The molecule has 24 heavy (non-hydrogen) atoms. The van der Waals surface area contributed by atoms with Gasteiger partial charge in [-0.25, -0.2) is 0 Å². The molecule has 0 fully saturated rings. The van der Waals surface area contributed by atoms with E-state index < -0.39 is 0 Å². The highest BCUT2D eigenvalue weighted by Crippen LogP contribution is 2.24. The van der Waals surface area contributed by atoms with Gasteiger partial charge in [0.1, 0.15) is 0 Å². The van der Waals surface area contributed by atoms with E-state index in [1.807, 2.05) is 42.5 Å². The fourth-order valence-electron chi connectivity index (χ4n) is 2.29. The van der Waals surface area contributed by atoms with E-state index in [9.17, 15) is 0 Å². The average Bonchev–Trinajstić information content (AvgIpc) is 3.25. The Morgan fingerprint density at radius 1 is 0.542 bits per heavy atom. The molecule has 0 N–H and O–H groups in total. The van der Waals surface area contributed by atoms with E-state index in [4.69, 9.17) is 0 Å². The molecule has 0 amide bonds. The van der Waals surface area contributed by atoms with Crippen molar-refractivity contribution < 1.29 is 0 Å². The van der Waals surface area contributed by atoms with E-state index in [1.54, 1.807) is 22.7 Å². The van der Waals surface area contributed by atoms with Crippen LogP contribution in [-0.4, -0.2) is 0 Å². The van der Waals surface area contributed by atoms with Crippen molar-refractivity contribution in [2.75, 3.05) is 0 Å². The first kappa shape index (κ1) is 14.8. The summed E-state index contributed by atoms with van der Waals surface area (Å²) in [5, 5.41) is 1.26. The van der Waals surface area contributed by atoms with Gasteiger partial charge in [0.15, 0.2) is 0 Å². The van der Waals surface area contributed by atoms with Crippen LogP contribution in [0, 0.1) is 23.7 Å². The summed E-state index contributed by atoms with van der Waals surface area (Å²) in [6, 6.07) is 24.6. The number of fused-ring (bicyclic) bond motifs is 1. The lowest BCUT2D eigenvalue weighted by Gasteiger charge is -1.85. The van der Waals surface area contributed by atoms with Crippen LogP contribution in [0.5, 0.6) is 0 Å². The van der Waals surface area contributed by atoms with Crippen LogP contribution in [0.4, 0.5) is 0 Å². The number of hydrogen-bond acceptors (Lipinski definition) is 2. The second-order valence-electron chi connectivity index (χ2n) is 5.18. The smallest absolute Gasteiger partial charge is 0.0785 e. The topological polar surface area (TPSA) is 0 Å². The molecule has 0 radical (unpaired) electrons. The Bertz CT molecular complexity index is 1070. The van der Waals surface area contributed by atoms with Crippen LogP contribution in [0.1, 0.15) is 20.2 Å². The molecule has 0 spiro atoms. The minimum atomic E-state index is 1.03. The lowest BCUT2D eigenvalue weighted by molar-refractivity contribution is 1.65. The van der Waals surface area contributed by atoms with E-state index in [-0.39, 0.29) is 0 Å². The van der Waals surface area contributed by atoms with E-state index in [2.05, 4.69) is 54.0 Å². The molecule has 2 aromatic heterocycles. The Kier molecular flexibility index (Phi) is 4.17. The first-order chi connectivity index (χ1) is 11.9. The van der Waals surface area contributed by atoms with E-state index in [0.717, 1.165) is 20.2 Å². The fourth-order valence-corrected chi connectivity index (χ4v) is 3.92.